The molecule has 3 atom stereocenters. The first-order chi connectivity index (χ1) is 9.98. The topological polar surface area (TPSA) is 41.5 Å². The van der Waals surface area contributed by atoms with E-state index in [-0.39, 0.29) is 22.1 Å². The first kappa shape index (κ1) is 14.9. The third-order valence-corrected chi connectivity index (χ3v) is 6.84. The molecule has 0 radical (unpaired) electrons. The van der Waals surface area contributed by atoms with E-state index < -0.39 is 0 Å². The number of nitrogens with one attached hydrogen (secondary N) is 1. The van der Waals surface area contributed by atoms with Crippen molar-refractivity contribution in [3.63, 3.8) is 0 Å². The Labute approximate surface area is 131 Å². The van der Waals surface area contributed by atoms with E-state index in [1.807, 2.05) is 18.0 Å². The number of carbonyl (C=O) groups excluding carboxylic acids is 1. The van der Waals surface area contributed by atoms with Crippen molar-refractivity contribution in [3.8, 4) is 0 Å². The number of allylic oxidation sites excluding steroid dienone is 3. The van der Waals surface area contributed by atoms with Crippen molar-refractivity contribution in [2.24, 2.45) is 16.8 Å². The van der Waals surface area contributed by atoms with Crippen LogP contribution in [0.2, 0.25) is 0 Å². The predicted molar refractivity (Wildman–Crippen MR) is 89.6 cm³/mol. The van der Waals surface area contributed by atoms with Gasteiger partial charge in [0.15, 0.2) is 0 Å². The molecule has 2 aliphatic heterocycles. The molecule has 0 aromatic rings. The summed E-state index contributed by atoms with van der Waals surface area (Å²) in [5, 5.41) is 3.24. The predicted octanol–water partition coefficient (Wildman–Crippen LogP) is 3.33. The summed E-state index contributed by atoms with van der Waals surface area (Å²) in [6.45, 7) is 6.31. The minimum Gasteiger partial charge on any atom is -0.351 e. The van der Waals surface area contributed by atoms with Crippen LogP contribution >= 0.6 is 11.8 Å². The highest BCUT2D eigenvalue weighted by Crippen LogP contribution is 2.57. The second-order valence-electron chi connectivity index (χ2n) is 6.87. The molecular weight excluding hydrogens is 280 g/mol. The summed E-state index contributed by atoms with van der Waals surface area (Å²) >= 11 is 1.93. The quantitative estimate of drug-likeness (QED) is 0.869. The number of hydrogen-bond acceptors (Lipinski definition) is 3. The molecule has 1 fully saturated rings. The van der Waals surface area contributed by atoms with Crippen LogP contribution < -0.4 is 5.32 Å². The SMILES string of the molecule is CCC(C)(C)NC(=O)C1CSC23CC=CC=C2N=CCC13. The van der Waals surface area contributed by atoms with Crippen LogP contribution in [0.3, 0.4) is 0 Å². The lowest BCUT2D eigenvalue weighted by atomic mass is 9.73. The zero-order chi connectivity index (χ0) is 15.1. The monoisotopic (exact) mass is 304 g/mol. The fraction of sp³-hybridized carbons (Fsp3) is 0.647. The number of nitrogens with zero attached hydrogens (tertiary/aromatic N) is 1. The third kappa shape index (κ3) is 2.48. The van der Waals surface area contributed by atoms with Gasteiger partial charge in [0, 0.05) is 17.5 Å². The molecule has 1 spiro atoms. The maximum Gasteiger partial charge on any atom is 0.224 e. The molecule has 2 heterocycles. The molecule has 1 saturated heterocycles. The van der Waals surface area contributed by atoms with Crippen LogP contribution in [0.15, 0.2) is 28.9 Å². The van der Waals surface area contributed by atoms with Gasteiger partial charge < -0.3 is 5.32 Å². The molecule has 1 amide bonds. The highest BCUT2D eigenvalue weighted by atomic mass is 32.2. The molecule has 3 unspecified atom stereocenters. The van der Waals surface area contributed by atoms with Crippen LogP contribution in [0.4, 0.5) is 0 Å². The van der Waals surface area contributed by atoms with Gasteiger partial charge in [-0.05, 0) is 45.1 Å². The Balaban J connectivity index is 1.82. The Hall–Kier alpha value is -1.03. The number of carbonyl (C=O) groups is 1. The van der Waals surface area contributed by atoms with Crippen LogP contribution in [0.5, 0.6) is 0 Å². The van der Waals surface area contributed by atoms with E-state index in [1.54, 1.807) is 0 Å². The zero-order valence-corrected chi connectivity index (χ0v) is 13.9. The lowest BCUT2D eigenvalue weighted by molar-refractivity contribution is -0.127. The van der Waals surface area contributed by atoms with E-state index in [0.29, 0.717) is 5.92 Å². The van der Waals surface area contributed by atoms with Gasteiger partial charge in [-0.25, -0.2) is 0 Å². The maximum absolute atomic E-state index is 12.7. The average molecular weight is 304 g/mol. The molecule has 3 rings (SSSR count). The molecule has 3 aliphatic rings. The Bertz CT molecular complexity index is 535. The summed E-state index contributed by atoms with van der Waals surface area (Å²) in [4.78, 5) is 17.3. The van der Waals surface area contributed by atoms with Gasteiger partial charge in [0.05, 0.1) is 16.4 Å². The Morgan fingerprint density at radius 2 is 2.38 bits per heavy atom. The molecule has 0 aromatic heterocycles. The van der Waals surface area contributed by atoms with E-state index in [2.05, 4.69) is 49.3 Å². The second kappa shape index (κ2) is 5.31. The van der Waals surface area contributed by atoms with Crippen LogP contribution in [0.1, 0.15) is 40.0 Å². The third-order valence-electron chi connectivity index (χ3n) is 5.12. The Kier molecular flexibility index (Phi) is 3.76. The minimum atomic E-state index is -0.120. The maximum atomic E-state index is 12.7. The molecular formula is C17H24N2OS. The summed E-state index contributed by atoms with van der Waals surface area (Å²) in [7, 11) is 0. The summed E-state index contributed by atoms with van der Waals surface area (Å²) in [6.07, 6.45) is 11.3. The van der Waals surface area contributed by atoms with E-state index in [1.165, 1.54) is 0 Å². The van der Waals surface area contributed by atoms with Gasteiger partial charge in [-0.15, -0.1) is 11.8 Å². The van der Waals surface area contributed by atoms with Crippen molar-refractivity contribution in [1.29, 1.82) is 0 Å². The van der Waals surface area contributed by atoms with Gasteiger partial charge in [-0.3, -0.25) is 9.79 Å². The highest BCUT2D eigenvalue weighted by molar-refractivity contribution is 8.01. The van der Waals surface area contributed by atoms with E-state index in [0.717, 1.165) is 30.7 Å². The van der Waals surface area contributed by atoms with Gasteiger partial charge >= 0.3 is 0 Å². The lowest BCUT2D eigenvalue weighted by Gasteiger charge is -2.39. The molecule has 4 heteroatoms. The van der Waals surface area contributed by atoms with Crippen molar-refractivity contribution in [2.45, 2.75) is 50.3 Å². The number of thioether (sulfide) groups is 1. The van der Waals surface area contributed by atoms with Crippen molar-refractivity contribution in [1.82, 2.24) is 5.32 Å². The molecule has 1 aliphatic carbocycles. The van der Waals surface area contributed by atoms with E-state index >= 15 is 0 Å². The summed E-state index contributed by atoms with van der Waals surface area (Å²) in [5.74, 6) is 1.61. The van der Waals surface area contributed by atoms with Gasteiger partial charge in [0.25, 0.3) is 0 Å². The van der Waals surface area contributed by atoms with Crippen LogP contribution in [-0.4, -0.2) is 28.2 Å². The Morgan fingerprint density at radius 3 is 3.14 bits per heavy atom. The minimum absolute atomic E-state index is 0.0435. The summed E-state index contributed by atoms with van der Waals surface area (Å²) < 4.78 is 0.0435. The fourth-order valence-electron chi connectivity index (χ4n) is 3.45. The normalized spacial score (nSPS) is 34.1. The largest absolute Gasteiger partial charge is 0.351 e. The molecule has 0 aromatic carbocycles. The smallest absolute Gasteiger partial charge is 0.224 e. The van der Waals surface area contributed by atoms with Crippen LogP contribution in [0.25, 0.3) is 0 Å². The van der Waals surface area contributed by atoms with Gasteiger partial charge in [-0.2, -0.15) is 0 Å². The standard InChI is InChI=1S/C17H24N2OS/c1-4-16(2,3)19-15(20)12-11-21-17-9-6-5-7-14(17)18-10-8-13(12)17/h5-7,10,12-13H,4,8-9,11H2,1-3H3,(H,19,20). The molecule has 21 heavy (non-hydrogen) atoms. The first-order valence-corrected chi connectivity index (χ1v) is 8.83. The van der Waals surface area contributed by atoms with Crippen LogP contribution in [-0.2, 0) is 4.79 Å². The summed E-state index contributed by atoms with van der Waals surface area (Å²) in [5.41, 5.74) is 1.04. The number of aliphatic imine (C=N–C) groups is 1. The molecule has 0 saturated carbocycles. The second-order valence-corrected chi connectivity index (χ2v) is 8.22. The van der Waals surface area contributed by atoms with E-state index in [4.69, 9.17) is 0 Å². The molecule has 3 nitrogen and oxygen atoms in total. The van der Waals surface area contributed by atoms with Gasteiger partial charge in [0.2, 0.25) is 5.91 Å². The van der Waals surface area contributed by atoms with Crippen molar-refractivity contribution in [2.75, 3.05) is 5.75 Å². The molecule has 114 valence electrons. The molecule has 1 N–H and O–H groups in total. The highest BCUT2D eigenvalue weighted by Gasteiger charge is 2.54. The molecule has 0 bridgehead atoms. The van der Waals surface area contributed by atoms with Crippen molar-refractivity contribution in [3.05, 3.63) is 23.9 Å². The number of rotatable bonds is 3. The van der Waals surface area contributed by atoms with E-state index in [9.17, 15) is 4.79 Å². The first-order valence-electron chi connectivity index (χ1n) is 7.84. The number of amides is 1. The fourth-order valence-corrected chi connectivity index (χ4v) is 5.27. The van der Waals surface area contributed by atoms with Gasteiger partial charge in [-0.1, -0.05) is 19.1 Å². The average Bonchev–Trinajstić information content (AvgIpc) is 2.84. The number of hydrogen-bond donors (Lipinski definition) is 1. The lowest BCUT2D eigenvalue weighted by Crippen LogP contribution is -2.49. The van der Waals surface area contributed by atoms with Gasteiger partial charge in [0.1, 0.15) is 0 Å². The van der Waals surface area contributed by atoms with Crippen LogP contribution in [0, 0.1) is 11.8 Å². The summed E-state index contributed by atoms with van der Waals surface area (Å²) in [6, 6.07) is 0. The zero-order valence-electron chi connectivity index (χ0n) is 13.1. The van der Waals surface area contributed by atoms with Crippen molar-refractivity contribution < 1.29 is 4.79 Å². The Morgan fingerprint density at radius 1 is 1.57 bits per heavy atom. The van der Waals surface area contributed by atoms with Crippen molar-refractivity contribution >= 4 is 23.9 Å².